The third kappa shape index (κ3) is 6.34. The van der Waals surface area contributed by atoms with Gasteiger partial charge in [-0.3, -0.25) is 9.48 Å². The van der Waals surface area contributed by atoms with Crippen LogP contribution in [0.25, 0.3) is 0 Å². The summed E-state index contributed by atoms with van der Waals surface area (Å²) in [6.07, 6.45) is 1.06. The van der Waals surface area contributed by atoms with E-state index >= 15 is 0 Å². The fourth-order valence-electron chi connectivity index (χ4n) is 3.52. The van der Waals surface area contributed by atoms with Gasteiger partial charge in [-0.2, -0.15) is 28.5 Å². The van der Waals surface area contributed by atoms with E-state index in [1.807, 2.05) is 12.3 Å². The lowest BCUT2D eigenvalue weighted by atomic mass is 10.1. The molecule has 4 aromatic rings. The summed E-state index contributed by atoms with van der Waals surface area (Å²) in [5.74, 6) is 0.411. The number of rotatable bonds is 7. The number of hydrogen-bond donors (Lipinski definition) is 0. The van der Waals surface area contributed by atoms with Gasteiger partial charge in [-0.25, -0.2) is 0 Å². The zero-order valence-corrected chi connectivity index (χ0v) is 21.2. The second-order valence-electron chi connectivity index (χ2n) is 8.14. The summed E-state index contributed by atoms with van der Waals surface area (Å²) in [6, 6.07) is 9.97. The average Bonchev–Trinajstić information content (AvgIpc) is 3.25. The molecule has 0 unspecified atom stereocenters. The Morgan fingerprint density at radius 3 is 2.59 bits per heavy atom. The molecular formula is C25H19ClF3N5O2S. The molecule has 0 aliphatic carbocycles. The number of aromatic nitrogens is 4. The van der Waals surface area contributed by atoms with Crippen LogP contribution in [-0.4, -0.2) is 19.3 Å². The largest absolute Gasteiger partial charge is 0.456 e. The number of ether oxygens (including phenoxy) is 1. The Morgan fingerprint density at radius 1 is 1.14 bits per heavy atom. The van der Waals surface area contributed by atoms with Crippen molar-refractivity contribution in [3.05, 3.63) is 98.2 Å². The van der Waals surface area contributed by atoms with Crippen molar-refractivity contribution in [3.8, 4) is 17.6 Å². The molecule has 7 nitrogen and oxygen atoms in total. The van der Waals surface area contributed by atoms with Crippen LogP contribution in [0, 0.1) is 11.3 Å². The van der Waals surface area contributed by atoms with E-state index in [1.54, 1.807) is 47.9 Å². The predicted octanol–water partition coefficient (Wildman–Crippen LogP) is 5.73. The Kier molecular flexibility index (Phi) is 7.61. The minimum Gasteiger partial charge on any atom is -0.456 e. The molecule has 0 saturated carbocycles. The smallest absolute Gasteiger partial charge is 0.417 e. The highest BCUT2D eigenvalue weighted by atomic mass is 35.5. The molecule has 0 amide bonds. The summed E-state index contributed by atoms with van der Waals surface area (Å²) in [7, 11) is 3.60. The molecule has 0 radical (unpaired) electrons. The molecule has 0 spiro atoms. The van der Waals surface area contributed by atoms with Gasteiger partial charge in [-0.1, -0.05) is 29.4 Å². The van der Waals surface area contributed by atoms with Crippen LogP contribution in [0.4, 0.5) is 13.2 Å². The first kappa shape index (κ1) is 26.3. The summed E-state index contributed by atoms with van der Waals surface area (Å²) >= 11 is 6.97. The zero-order valence-electron chi connectivity index (χ0n) is 19.6. The molecule has 0 aliphatic rings. The molecule has 0 aliphatic heterocycles. The molecule has 2 heterocycles. The van der Waals surface area contributed by atoms with Crippen molar-refractivity contribution in [1.82, 2.24) is 19.3 Å². The number of halogens is 4. The summed E-state index contributed by atoms with van der Waals surface area (Å²) in [4.78, 5) is 16.7. The van der Waals surface area contributed by atoms with Crippen LogP contribution in [0.15, 0.2) is 64.9 Å². The van der Waals surface area contributed by atoms with Gasteiger partial charge >= 0.3 is 6.18 Å². The maximum Gasteiger partial charge on any atom is 0.417 e. The number of nitrogens with zero attached hydrogens (tertiary/aromatic N) is 5. The lowest BCUT2D eigenvalue weighted by Crippen LogP contribution is -2.18. The van der Waals surface area contributed by atoms with Gasteiger partial charge in [0.05, 0.1) is 22.3 Å². The van der Waals surface area contributed by atoms with Gasteiger partial charge in [0.2, 0.25) is 0 Å². The van der Waals surface area contributed by atoms with Gasteiger partial charge in [0.15, 0.2) is 5.16 Å². The average molecular weight is 546 g/mol. The molecule has 0 fully saturated rings. The first-order chi connectivity index (χ1) is 17.5. The van der Waals surface area contributed by atoms with Crippen molar-refractivity contribution >= 4 is 23.4 Å². The van der Waals surface area contributed by atoms with Crippen molar-refractivity contribution in [3.63, 3.8) is 0 Å². The predicted molar refractivity (Wildman–Crippen MR) is 133 cm³/mol. The van der Waals surface area contributed by atoms with E-state index in [-0.39, 0.29) is 22.6 Å². The van der Waals surface area contributed by atoms with E-state index in [0.29, 0.717) is 22.9 Å². The monoisotopic (exact) mass is 545 g/mol. The normalized spacial score (nSPS) is 11.4. The number of hydrogen-bond acceptors (Lipinski definition) is 6. The number of thioether (sulfide) groups is 1. The standard InChI is InChI=1S/C25H19ClF3N5O2S/c1-33-13-18(8-16-11-31-34(2)12-16)23(35)32-24(33)37-14-15-3-6-22(17(7-15)10-30)36-19-4-5-21(26)20(9-19)25(27,28)29/h3-7,9,11-13H,8,14H2,1-2H3. The molecule has 0 bridgehead atoms. The van der Waals surface area contributed by atoms with Gasteiger partial charge in [-0.05, 0) is 41.5 Å². The molecular weight excluding hydrogens is 527 g/mol. The Bertz CT molecular complexity index is 1560. The number of alkyl halides is 3. The number of benzene rings is 2. The van der Waals surface area contributed by atoms with Crippen molar-refractivity contribution in [2.24, 2.45) is 14.1 Å². The van der Waals surface area contributed by atoms with Gasteiger partial charge in [0, 0.05) is 44.2 Å². The topological polar surface area (TPSA) is 85.7 Å². The van der Waals surface area contributed by atoms with Crippen molar-refractivity contribution in [1.29, 1.82) is 5.26 Å². The number of aryl methyl sites for hydroxylation is 2. The molecule has 4 rings (SSSR count). The zero-order chi connectivity index (χ0) is 26.7. The lowest BCUT2D eigenvalue weighted by molar-refractivity contribution is -0.137. The molecule has 2 aromatic carbocycles. The Labute approximate surface area is 219 Å². The molecule has 12 heteroatoms. The molecule has 2 aromatic heterocycles. The quantitative estimate of drug-likeness (QED) is 0.218. The summed E-state index contributed by atoms with van der Waals surface area (Å²) in [6.45, 7) is 0. The van der Waals surface area contributed by atoms with Crippen molar-refractivity contribution in [2.45, 2.75) is 23.5 Å². The van der Waals surface area contributed by atoms with Gasteiger partial charge in [0.1, 0.15) is 17.6 Å². The third-order valence-electron chi connectivity index (χ3n) is 5.28. The minimum atomic E-state index is -4.64. The molecule has 37 heavy (non-hydrogen) atoms. The third-order valence-corrected chi connectivity index (χ3v) is 6.72. The summed E-state index contributed by atoms with van der Waals surface area (Å²) in [5, 5.41) is 13.7. The van der Waals surface area contributed by atoms with Crippen LogP contribution in [0.5, 0.6) is 11.5 Å². The van der Waals surface area contributed by atoms with Crippen LogP contribution in [0.2, 0.25) is 5.02 Å². The molecule has 190 valence electrons. The fraction of sp³-hybridized carbons (Fsp3) is 0.200. The van der Waals surface area contributed by atoms with E-state index in [2.05, 4.69) is 10.1 Å². The lowest BCUT2D eigenvalue weighted by Gasteiger charge is -2.13. The van der Waals surface area contributed by atoms with Crippen molar-refractivity contribution < 1.29 is 17.9 Å². The van der Waals surface area contributed by atoms with E-state index in [4.69, 9.17) is 16.3 Å². The second kappa shape index (κ2) is 10.7. The van der Waals surface area contributed by atoms with Crippen molar-refractivity contribution in [2.75, 3.05) is 0 Å². The van der Waals surface area contributed by atoms with Crippen LogP contribution < -0.4 is 10.3 Å². The van der Waals surface area contributed by atoms with Gasteiger partial charge in [-0.15, -0.1) is 0 Å². The maximum absolute atomic E-state index is 13.1. The van der Waals surface area contributed by atoms with Crippen LogP contribution >= 0.6 is 23.4 Å². The Balaban J connectivity index is 1.48. The molecule has 0 N–H and O–H groups in total. The van der Waals surface area contributed by atoms with E-state index in [1.165, 1.54) is 23.9 Å². The Hall–Kier alpha value is -3.75. The van der Waals surface area contributed by atoms with E-state index < -0.39 is 16.8 Å². The van der Waals surface area contributed by atoms with Crippen LogP contribution in [0.3, 0.4) is 0 Å². The first-order valence-corrected chi connectivity index (χ1v) is 12.1. The highest BCUT2D eigenvalue weighted by Gasteiger charge is 2.33. The van der Waals surface area contributed by atoms with Gasteiger partial charge < -0.3 is 9.30 Å². The Morgan fingerprint density at radius 2 is 1.92 bits per heavy atom. The van der Waals surface area contributed by atoms with Crippen LogP contribution in [0.1, 0.15) is 27.8 Å². The summed E-state index contributed by atoms with van der Waals surface area (Å²) in [5.41, 5.74) is 0.991. The van der Waals surface area contributed by atoms with Crippen LogP contribution in [-0.2, 0) is 32.4 Å². The molecule has 0 saturated heterocycles. The number of nitriles is 1. The van der Waals surface area contributed by atoms with Gasteiger partial charge in [0.25, 0.3) is 5.56 Å². The highest BCUT2D eigenvalue weighted by molar-refractivity contribution is 7.98. The highest BCUT2D eigenvalue weighted by Crippen LogP contribution is 2.38. The van der Waals surface area contributed by atoms with E-state index in [0.717, 1.165) is 23.3 Å². The van der Waals surface area contributed by atoms with E-state index in [9.17, 15) is 23.2 Å². The minimum absolute atomic E-state index is 0.0964. The second-order valence-corrected chi connectivity index (χ2v) is 9.49. The summed E-state index contributed by atoms with van der Waals surface area (Å²) < 4.78 is 48.4. The fourth-order valence-corrected chi connectivity index (χ4v) is 4.63. The SMILES string of the molecule is Cn1cc(Cc2cn(C)c(SCc3ccc(Oc4ccc(Cl)c(C(F)(F)F)c4)c(C#N)c3)nc2=O)cn1. The maximum atomic E-state index is 13.1. The first-order valence-electron chi connectivity index (χ1n) is 10.8. The molecule has 0 atom stereocenters.